The van der Waals surface area contributed by atoms with Crippen LogP contribution >= 0.6 is 12.4 Å². The van der Waals surface area contributed by atoms with Crippen LogP contribution < -0.4 is 10.2 Å². The van der Waals surface area contributed by atoms with Crippen molar-refractivity contribution >= 4 is 24.0 Å². The molecule has 16 heavy (non-hydrogen) atoms. The van der Waals surface area contributed by atoms with Crippen LogP contribution in [0.5, 0.6) is 0 Å². The first-order valence-electron chi connectivity index (χ1n) is 4.97. The average Bonchev–Trinajstić information content (AvgIpc) is 2.60. The van der Waals surface area contributed by atoms with Crippen LogP contribution in [0.3, 0.4) is 0 Å². The maximum atomic E-state index is 13.4. The van der Waals surface area contributed by atoms with Crippen LogP contribution in [0.4, 0.5) is 10.1 Å². The molecular weight excluding hydrogens is 231 g/mol. The molecule has 1 aliphatic rings. The van der Waals surface area contributed by atoms with E-state index in [0.29, 0.717) is 12.2 Å². The van der Waals surface area contributed by atoms with Gasteiger partial charge in [0, 0.05) is 6.54 Å². The molecule has 1 N–H and O–H groups in total. The second-order valence-corrected chi connectivity index (χ2v) is 3.57. The Bertz CT molecular complexity index is 386. The smallest absolute Gasteiger partial charge is 0.244 e. The minimum Gasteiger partial charge on any atom is -0.309 e. The lowest BCUT2D eigenvalue weighted by molar-refractivity contribution is -0.118. The fourth-order valence-electron chi connectivity index (χ4n) is 1.86. The highest BCUT2D eigenvalue weighted by molar-refractivity contribution is 5.99. The molecule has 1 unspecified atom stereocenters. The molecule has 0 aliphatic carbocycles. The molecule has 1 aliphatic heterocycles. The number of hydrogen-bond donors (Lipinski definition) is 1. The zero-order chi connectivity index (χ0) is 10.8. The van der Waals surface area contributed by atoms with Crippen molar-refractivity contribution in [1.29, 1.82) is 0 Å². The lowest BCUT2D eigenvalue weighted by Crippen LogP contribution is -2.36. The van der Waals surface area contributed by atoms with Gasteiger partial charge in [0.1, 0.15) is 5.82 Å². The molecule has 5 heteroatoms. The number of halogens is 2. The van der Waals surface area contributed by atoms with E-state index in [2.05, 4.69) is 5.32 Å². The summed E-state index contributed by atoms with van der Waals surface area (Å²) in [4.78, 5) is 13.3. The molecule has 1 aromatic rings. The molecule has 0 bridgehead atoms. The number of rotatable bonds is 2. The molecule has 1 fully saturated rings. The highest BCUT2D eigenvalue weighted by Crippen LogP contribution is 2.23. The van der Waals surface area contributed by atoms with E-state index in [9.17, 15) is 9.18 Å². The predicted octanol–water partition coefficient (Wildman–Crippen LogP) is 1.57. The highest BCUT2D eigenvalue weighted by Gasteiger charge is 2.32. The Balaban J connectivity index is 0.00000128. The molecular formula is C11H14ClFN2O. The van der Waals surface area contributed by atoms with E-state index in [1.807, 2.05) is 0 Å². The van der Waals surface area contributed by atoms with Crippen molar-refractivity contribution in [3.63, 3.8) is 0 Å². The molecule has 1 aromatic carbocycles. The summed E-state index contributed by atoms with van der Waals surface area (Å²) in [5, 5.41) is 2.92. The summed E-state index contributed by atoms with van der Waals surface area (Å²) in [6, 6.07) is 6.18. The van der Waals surface area contributed by atoms with Gasteiger partial charge in [0.15, 0.2) is 0 Å². The molecule has 0 saturated carbocycles. The third-order valence-corrected chi connectivity index (χ3v) is 2.70. The molecule has 3 nitrogen and oxygen atoms in total. The zero-order valence-corrected chi connectivity index (χ0v) is 9.76. The summed E-state index contributed by atoms with van der Waals surface area (Å²) in [6.07, 6.45) is 0.726. The molecule has 2 rings (SSSR count). The first-order valence-corrected chi connectivity index (χ1v) is 4.97. The van der Waals surface area contributed by atoms with Crippen LogP contribution in [0.25, 0.3) is 0 Å². The third-order valence-electron chi connectivity index (χ3n) is 2.70. The van der Waals surface area contributed by atoms with E-state index < -0.39 is 0 Å². The normalized spacial score (nSPS) is 19.8. The fourth-order valence-corrected chi connectivity index (χ4v) is 1.86. The lowest BCUT2D eigenvalue weighted by Gasteiger charge is -2.17. The SMILES string of the molecule is CNC1CCN(c2ccccc2F)C1=O.Cl. The highest BCUT2D eigenvalue weighted by atomic mass is 35.5. The molecule has 0 aromatic heterocycles. The molecule has 1 saturated heterocycles. The van der Waals surface area contributed by atoms with E-state index in [1.165, 1.54) is 11.0 Å². The predicted molar refractivity (Wildman–Crippen MR) is 63.5 cm³/mol. The van der Waals surface area contributed by atoms with Crippen molar-refractivity contribution in [2.45, 2.75) is 12.5 Å². The van der Waals surface area contributed by atoms with Crippen LogP contribution in [0, 0.1) is 5.82 Å². The van der Waals surface area contributed by atoms with Crippen LogP contribution in [-0.2, 0) is 4.79 Å². The largest absolute Gasteiger partial charge is 0.309 e. The van der Waals surface area contributed by atoms with Gasteiger partial charge >= 0.3 is 0 Å². The number of benzene rings is 1. The Morgan fingerprint density at radius 3 is 2.69 bits per heavy atom. The number of likely N-dealkylation sites (N-methyl/N-ethyl adjacent to an activating group) is 1. The Hall–Kier alpha value is -1.13. The summed E-state index contributed by atoms with van der Waals surface area (Å²) in [6.45, 7) is 0.575. The van der Waals surface area contributed by atoms with Crippen molar-refractivity contribution in [3.8, 4) is 0 Å². The van der Waals surface area contributed by atoms with Crippen molar-refractivity contribution in [1.82, 2.24) is 5.32 Å². The summed E-state index contributed by atoms with van der Waals surface area (Å²) >= 11 is 0. The number of nitrogens with zero attached hydrogens (tertiary/aromatic N) is 1. The number of amides is 1. The van der Waals surface area contributed by atoms with E-state index in [1.54, 1.807) is 25.2 Å². The first-order chi connectivity index (χ1) is 7.24. The second kappa shape index (κ2) is 5.27. The molecule has 88 valence electrons. The molecule has 1 amide bonds. The van der Waals surface area contributed by atoms with Crippen molar-refractivity contribution in [2.75, 3.05) is 18.5 Å². The van der Waals surface area contributed by atoms with Crippen LogP contribution in [0.2, 0.25) is 0 Å². The summed E-state index contributed by atoms with van der Waals surface area (Å²) in [5.41, 5.74) is 0.375. The Labute approximate surface area is 100 Å². The first kappa shape index (κ1) is 12.9. The van der Waals surface area contributed by atoms with E-state index >= 15 is 0 Å². The Kier molecular flexibility index (Phi) is 4.26. The van der Waals surface area contributed by atoms with Gasteiger partial charge in [-0.2, -0.15) is 0 Å². The van der Waals surface area contributed by atoms with E-state index in [0.717, 1.165) is 6.42 Å². The van der Waals surface area contributed by atoms with Gasteiger partial charge in [-0.15, -0.1) is 12.4 Å². The molecule has 1 atom stereocenters. The molecule has 0 radical (unpaired) electrons. The average molecular weight is 245 g/mol. The third kappa shape index (κ3) is 2.18. The standard InChI is InChI=1S/C11H13FN2O.ClH/c1-13-9-6-7-14(11(9)15)10-5-3-2-4-8(10)12;/h2-5,9,13H,6-7H2,1H3;1H. The quantitative estimate of drug-likeness (QED) is 0.857. The maximum absolute atomic E-state index is 13.4. The minimum absolute atomic E-state index is 0. The van der Waals surface area contributed by atoms with Gasteiger partial charge in [-0.3, -0.25) is 4.79 Å². The van der Waals surface area contributed by atoms with Gasteiger partial charge in [0.2, 0.25) is 5.91 Å². The lowest BCUT2D eigenvalue weighted by atomic mass is 10.2. The fraction of sp³-hybridized carbons (Fsp3) is 0.364. The van der Waals surface area contributed by atoms with Gasteiger partial charge in [-0.25, -0.2) is 4.39 Å². The van der Waals surface area contributed by atoms with Gasteiger partial charge in [-0.1, -0.05) is 12.1 Å². The Morgan fingerprint density at radius 1 is 1.44 bits per heavy atom. The number of hydrogen-bond acceptors (Lipinski definition) is 2. The number of carbonyl (C=O) groups excluding carboxylic acids is 1. The van der Waals surface area contributed by atoms with Crippen molar-refractivity contribution in [2.24, 2.45) is 0 Å². The summed E-state index contributed by atoms with van der Waals surface area (Å²) in [5.74, 6) is -0.398. The number of para-hydroxylation sites is 1. The van der Waals surface area contributed by atoms with E-state index in [4.69, 9.17) is 0 Å². The van der Waals surface area contributed by atoms with Crippen LogP contribution in [0.1, 0.15) is 6.42 Å². The van der Waals surface area contributed by atoms with Crippen LogP contribution in [0.15, 0.2) is 24.3 Å². The summed E-state index contributed by atoms with van der Waals surface area (Å²) in [7, 11) is 1.74. The van der Waals surface area contributed by atoms with Crippen molar-refractivity contribution in [3.05, 3.63) is 30.1 Å². The zero-order valence-electron chi connectivity index (χ0n) is 8.94. The Morgan fingerprint density at radius 2 is 2.12 bits per heavy atom. The van der Waals surface area contributed by atoms with E-state index in [-0.39, 0.29) is 30.2 Å². The number of nitrogens with one attached hydrogen (secondary N) is 1. The second-order valence-electron chi connectivity index (χ2n) is 3.57. The van der Waals surface area contributed by atoms with Gasteiger partial charge in [0.25, 0.3) is 0 Å². The van der Waals surface area contributed by atoms with Gasteiger partial charge in [-0.05, 0) is 25.6 Å². The monoisotopic (exact) mass is 244 g/mol. The topological polar surface area (TPSA) is 32.3 Å². The number of anilines is 1. The van der Waals surface area contributed by atoms with Gasteiger partial charge < -0.3 is 10.2 Å². The maximum Gasteiger partial charge on any atom is 0.244 e. The van der Waals surface area contributed by atoms with Crippen molar-refractivity contribution < 1.29 is 9.18 Å². The minimum atomic E-state index is -0.345. The van der Waals surface area contributed by atoms with Gasteiger partial charge in [0.05, 0.1) is 11.7 Å². The molecule has 1 heterocycles. The van der Waals surface area contributed by atoms with Crippen LogP contribution in [-0.4, -0.2) is 25.5 Å². The summed E-state index contributed by atoms with van der Waals surface area (Å²) < 4.78 is 13.4. The molecule has 0 spiro atoms. The number of carbonyl (C=O) groups is 1.